The molecule has 3 atom stereocenters. The van der Waals surface area contributed by atoms with Crippen molar-refractivity contribution in [2.75, 3.05) is 6.61 Å². The Balaban J connectivity index is 1.92. The van der Waals surface area contributed by atoms with Crippen LogP contribution >= 0.6 is 0 Å². The Hall–Kier alpha value is -1.12. The molecule has 1 aromatic carbocycles. The van der Waals surface area contributed by atoms with E-state index in [1.54, 1.807) is 0 Å². The Morgan fingerprint density at radius 2 is 1.94 bits per heavy atom. The smallest absolute Gasteiger partial charge is 0.0737 e. The number of allylic oxidation sites excluding steroid dienone is 1. The van der Waals surface area contributed by atoms with Crippen LogP contribution in [0.1, 0.15) is 31.2 Å². The Labute approximate surface area is 108 Å². The van der Waals surface area contributed by atoms with E-state index in [1.807, 2.05) is 6.07 Å². The zero-order valence-corrected chi connectivity index (χ0v) is 10.5. The van der Waals surface area contributed by atoms with Crippen molar-refractivity contribution < 1.29 is 10.2 Å². The van der Waals surface area contributed by atoms with Gasteiger partial charge in [-0.25, -0.2) is 0 Å². The lowest BCUT2D eigenvalue weighted by Crippen LogP contribution is -2.46. The minimum atomic E-state index is -0.671. The molecule has 0 aromatic heterocycles. The molecule has 0 amide bonds. The summed E-state index contributed by atoms with van der Waals surface area (Å²) >= 11 is 0. The third kappa shape index (κ3) is 1.90. The van der Waals surface area contributed by atoms with E-state index >= 15 is 0 Å². The predicted molar refractivity (Wildman–Crippen MR) is 71.9 cm³/mol. The second-order valence-electron chi connectivity index (χ2n) is 5.65. The minimum Gasteiger partial charge on any atom is -0.396 e. The normalized spacial score (nSPS) is 34.4. The highest BCUT2D eigenvalue weighted by Gasteiger charge is 2.45. The molecule has 3 aliphatic carbocycles. The Morgan fingerprint density at radius 1 is 1.17 bits per heavy atom. The highest BCUT2D eigenvalue weighted by Crippen LogP contribution is 2.50. The van der Waals surface area contributed by atoms with Gasteiger partial charge in [0.25, 0.3) is 0 Å². The molecule has 0 aliphatic heterocycles. The quantitative estimate of drug-likeness (QED) is 0.858. The van der Waals surface area contributed by atoms with Gasteiger partial charge in [0.1, 0.15) is 0 Å². The van der Waals surface area contributed by atoms with Crippen molar-refractivity contribution in [2.24, 2.45) is 11.8 Å². The van der Waals surface area contributed by atoms with Gasteiger partial charge < -0.3 is 10.2 Å². The first kappa shape index (κ1) is 11.9. The summed E-state index contributed by atoms with van der Waals surface area (Å²) in [5.41, 5.74) is 2.02. The highest BCUT2D eigenvalue weighted by atomic mass is 16.3. The molecular weight excluding hydrogens is 224 g/mol. The zero-order chi connectivity index (χ0) is 12.6. The molecule has 2 N–H and O–H groups in total. The molecule has 0 radical (unpaired) electrons. The molecule has 2 heteroatoms. The van der Waals surface area contributed by atoms with Crippen LogP contribution < -0.4 is 0 Å². The summed E-state index contributed by atoms with van der Waals surface area (Å²) in [5.74, 6) is 0.666. The summed E-state index contributed by atoms with van der Waals surface area (Å²) in [6.07, 6.45) is 5.78. The van der Waals surface area contributed by atoms with Crippen molar-refractivity contribution in [3.8, 4) is 0 Å². The second-order valence-corrected chi connectivity index (χ2v) is 5.65. The number of aliphatic hydroxyl groups excluding tert-OH is 1. The molecule has 4 rings (SSSR count). The lowest BCUT2D eigenvalue weighted by atomic mass is 9.61. The highest BCUT2D eigenvalue weighted by molar-refractivity contribution is 5.69. The maximum Gasteiger partial charge on any atom is 0.0737 e. The Morgan fingerprint density at radius 3 is 2.56 bits per heavy atom. The molecule has 2 bridgehead atoms. The van der Waals surface area contributed by atoms with E-state index in [2.05, 4.69) is 30.3 Å². The summed E-state index contributed by atoms with van der Waals surface area (Å²) in [5, 5.41) is 19.7. The molecule has 18 heavy (non-hydrogen) atoms. The van der Waals surface area contributed by atoms with Gasteiger partial charge in [-0.15, -0.1) is 0 Å². The van der Waals surface area contributed by atoms with E-state index < -0.39 is 5.60 Å². The van der Waals surface area contributed by atoms with E-state index in [0.717, 1.165) is 12.8 Å². The van der Waals surface area contributed by atoms with Crippen LogP contribution in [0.15, 0.2) is 36.4 Å². The van der Waals surface area contributed by atoms with Crippen molar-refractivity contribution in [1.82, 2.24) is 0 Å². The number of aliphatic hydroxyl groups is 2. The first-order valence-corrected chi connectivity index (χ1v) is 6.83. The van der Waals surface area contributed by atoms with Crippen molar-refractivity contribution >= 4 is 5.57 Å². The van der Waals surface area contributed by atoms with Gasteiger partial charge in [-0.1, -0.05) is 36.4 Å². The van der Waals surface area contributed by atoms with Gasteiger partial charge in [0.2, 0.25) is 0 Å². The fourth-order valence-corrected chi connectivity index (χ4v) is 3.63. The fourth-order valence-electron chi connectivity index (χ4n) is 3.63. The first-order valence-electron chi connectivity index (χ1n) is 6.83. The van der Waals surface area contributed by atoms with Crippen LogP contribution in [0.4, 0.5) is 0 Å². The maximum absolute atomic E-state index is 10.6. The average Bonchev–Trinajstić information content (AvgIpc) is 2.40. The predicted octanol–water partition coefficient (Wildman–Crippen LogP) is 2.61. The van der Waals surface area contributed by atoms with E-state index in [-0.39, 0.29) is 12.5 Å². The Kier molecular flexibility index (Phi) is 3.00. The van der Waals surface area contributed by atoms with Gasteiger partial charge in [-0.05, 0) is 42.7 Å². The van der Waals surface area contributed by atoms with Gasteiger partial charge >= 0.3 is 0 Å². The first-order chi connectivity index (χ1) is 8.73. The maximum atomic E-state index is 10.6. The van der Waals surface area contributed by atoms with Crippen LogP contribution in [0.5, 0.6) is 0 Å². The molecule has 3 aliphatic rings. The molecular formula is C16H20O2. The second kappa shape index (κ2) is 4.52. The number of benzene rings is 1. The number of rotatable bonds is 3. The monoisotopic (exact) mass is 244 g/mol. The summed E-state index contributed by atoms with van der Waals surface area (Å²) in [6.45, 7) is 0.0776. The van der Waals surface area contributed by atoms with Gasteiger partial charge in [0, 0.05) is 12.5 Å². The van der Waals surface area contributed by atoms with Crippen LogP contribution in [0.25, 0.3) is 5.57 Å². The zero-order valence-electron chi connectivity index (χ0n) is 10.5. The fraction of sp³-hybridized carbons (Fsp3) is 0.500. The summed E-state index contributed by atoms with van der Waals surface area (Å²) in [4.78, 5) is 0. The molecule has 0 saturated heterocycles. The summed E-state index contributed by atoms with van der Waals surface area (Å²) in [7, 11) is 0. The van der Waals surface area contributed by atoms with E-state index in [0.29, 0.717) is 12.3 Å². The lowest BCUT2D eigenvalue weighted by molar-refractivity contribution is -0.0621. The van der Waals surface area contributed by atoms with Crippen LogP contribution in [0.3, 0.4) is 0 Å². The van der Waals surface area contributed by atoms with E-state index in [1.165, 1.54) is 17.6 Å². The lowest BCUT2D eigenvalue weighted by Gasteiger charge is -2.47. The number of hydrogen-bond donors (Lipinski definition) is 2. The van der Waals surface area contributed by atoms with Crippen LogP contribution in [0, 0.1) is 11.8 Å². The summed E-state index contributed by atoms with van der Waals surface area (Å²) < 4.78 is 0. The standard InChI is InChI=1S/C16H20O2/c17-9-8-16(18)11-13-6-7-14(16)10-15(13)12-4-2-1-3-5-12/h1-5,10,13-14,17-18H,6-9,11H2/t13-,14-,16+/m0/s1. The van der Waals surface area contributed by atoms with E-state index in [4.69, 9.17) is 5.11 Å². The van der Waals surface area contributed by atoms with Crippen LogP contribution in [-0.2, 0) is 0 Å². The van der Waals surface area contributed by atoms with Gasteiger partial charge in [-0.2, -0.15) is 0 Å². The third-order valence-electron chi connectivity index (χ3n) is 4.59. The molecule has 0 heterocycles. The molecule has 0 unspecified atom stereocenters. The topological polar surface area (TPSA) is 40.5 Å². The van der Waals surface area contributed by atoms with Crippen LogP contribution in [-0.4, -0.2) is 22.4 Å². The molecule has 2 nitrogen and oxygen atoms in total. The SMILES string of the molecule is OCC[C@@]1(O)C[C@@H]2CC[C@H]1C=C2c1ccccc1. The molecule has 1 saturated carbocycles. The summed E-state index contributed by atoms with van der Waals surface area (Å²) in [6, 6.07) is 10.5. The Bertz CT molecular complexity index is 451. The average molecular weight is 244 g/mol. The number of hydrogen-bond acceptors (Lipinski definition) is 2. The molecule has 96 valence electrons. The van der Waals surface area contributed by atoms with Crippen molar-refractivity contribution in [3.05, 3.63) is 42.0 Å². The van der Waals surface area contributed by atoms with Crippen molar-refractivity contribution in [1.29, 1.82) is 0 Å². The van der Waals surface area contributed by atoms with Gasteiger partial charge in [0.05, 0.1) is 5.60 Å². The van der Waals surface area contributed by atoms with Crippen molar-refractivity contribution in [3.63, 3.8) is 0 Å². The molecule has 1 fully saturated rings. The van der Waals surface area contributed by atoms with Crippen molar-refractivity contribution in [2.45, 2.75) is 31.3 Å². The molecule has 0 spiro atoms. The van der Waals surface area contributed by atoms with Gasteiger partial charge in [0.15, 0.2) is 0 Å². The molecule has 1 aromatic rings. The minimum absolute atomic E-state index is 0.0776. The van der Waals surface area contributed by atoms with Gasteiger partial charge in [-0.3, -0.25) is 0 Å². The number of fused-ring (bicyclic) bond motifs is 2. The largest absolute Gasteiger partial charge is 0.396 e. The third-order valence-corrected chi connectivity index (χ3v) is 4.59. The van der Waals surface area contributed by atoms with E-state index in [9.17, 15) is 5.11 Å². The van der Waals surface area contributed by atoms with Crippen LogP contribution in [0.2, 0.25) is 0 Å².